The van der Waals surface area contributed by atoms with Crippen molar-refractivity contribution in [3.8, 4) is 0 Å². The first-order chi connectivity index (χ1) is 15.4. The molecule has 0 spiro atoms. The lowest BCUT2D eigenvalue weighted by Gasteiger charge is -2.37. The number of piperazine rings is 1. The van der Waals surface area contributed by atoms with Crippen LogP contribution in [-0.2, 0) is 21.0 Å². The fourth-order valence-corrected chi connectivity index (χ4v) is 5.39. The molecule has 2 aromatic carbocycles. The number of amides is 1. The van der Waals surface area contributed by atoms with Crippen LogP contribution in [0.25, 0.3) is 0 Å². The first kappa shape index (κ1) is 25.2. The number of benzene rings is 2. The van der Waals surface area contributed by atoms with Crippen LogP contribution < -0.4 is 5.32 Å². The van der Waals surface area contributed by atoms with Gasteiger partial charge in [0, 0.05) is 31.9 Å². The molecule has 3 rings (SSSR count). The molecule has 33 heavy (non-hydrogen) atoms. The maximum atomic E-state index is 13.3. The molecule has 0 saturated carbocycles. The van der Waals surface area contributed by atoms with Crippen molar-refractivity contribution in [3.63, 3.8) is 0 Å². The van der Waals surface area contributed by atoms with Gasteiger partial charge in [0.15, 0.2) is 0 Å². The molecule has 0 unspecified atom stereocenters. The number of nitrogens with one attached hydrogen (secondary N) is 1. The molecule has 0 aliphatic carbocycles. The van der Waals surface area contributed by atoms with Crippen LogP contribution >= 0.6 is 0 Å². The van der Waals surface area contributed by atoms with Crippen LogP contribution in [0.3, 0.4) is 0 Å². The SMILES string of the molecule is CC(C)c1ccc(NC(=O)[C@@H](C)N2CCN(S(=O)(=O)c3ccccc3C(F)(F)F)CC2)cc1. The van der Waals surface area contributed by atoms with E-state index in [2.05, 4.69) is 19.2 Å². The minimum atomic E-state index is -4.77. The number of sulfonamides is 1. The van der Waals surface area contributed by atoms with Gasteiger partial charge in [0.2, 0.25) is 15.9 Å². The van der Waals surface area contributed by atoms with E-state index in [1.807, 2.05) is 29.2 Å². The summed E-state index contributed by atoms with van der Waals surface area (Å²) in [6, 6.07) is 11.2. The highest BCUT2D eigenvalue weighted by Gasteiger charge is 2.40. The molecule has 1 atom stereocenters. The highest BCUT2D eigenvalue weighted by atomic mass is 32.2. The molecule has 1 heterocycles. The third kappa shape index (κ3) is 5.74. The zero-order valence-corrected chi connectivity index (χ0v) is 19.6. The average Bonchev–Trinajstić information content (AvgIpc) is 2.78. The Kier molecular flexibility index (Phi) is 7.50. The van der Waals surface area contributed by atoms with Crippen molar-refractivity contribution in [2.24, 2.45) is 0 Å². The van der Waals surface area contributed by atoms with E-state index in [1.165, 1.54) is 6.07 Å². The summed E-state index contributed by atoms with van der Waals surface area (Å²) in [6.07, 6.45) is -4.77. The van der Waals surface area contributed by atoms with Crippen LogP contribution in [0.2, 0.25) is 0 Å². The molecular formula is C23H28F3N3O3S. The Morgan fingerprint density at radius 3 is 2.06 bits per heavy atom. The van der Waals surface area contributed by atoms with Crippen molar-refractivity contribution >= 4 is 21.6 Å². The van der Waals surface area contributed by atoms with E-state index in [4.69, 9.17) is 0 Å². The van der Waals surface area contributed by atoms with Gasteiger partial charge in [-0.25, -0.2) is 8.42 Å². The molecule has 10 heteroatoms. The zero-order chi connectivity index (χ0) is 24.4. The standard InChI is InChI=1S/C23H28F3N3O3S/c1-16(2)18-8-10-19(11-9-18)27-22(30)17(3)28-12-14-29(15-13-28)33(31,32)21-7-5-4-6-20(21)23(24,25)26/h4-11,16-17H,12-15H2,1-3H3,(H,27,30)/t17-/m1/s1. The fraction of sp³-hybridized carbons (Fsp3) is 0.435. The lowest BCUT2D eigenvalue weighted by Crippen LogP contribution is -2.54. The number of anilines is 1. The number of hydrogen-bond acceptors (Lipinski definition) is 4. The van der Waals surface area contributed by atoms with Crippen molar-refractivity contribution < 1.29 is 26.4 Å². The number of hydrogen-bond donors (Lipinski definition) is 1. The molecule has 180 valence electrons. The van der Waals surface area contributed by atoms with E-state index in [0.29, 0.717) is 11.6 Å². The lowest BCUT2D eigenvalue weighted by atomic mass is 10.0. The van der Waals surface area contributed by atoms with Crippen LogP contribution in [0.5, 0.6) is 0 Å². The molecular weight excluding hydrogens is 455 g/mol. The summed E-state index contributed by atoms with van der Waals surface area (Å²) >= 11 is 0. The van der Waals surface area contributed by atoms with E-state index >= 15 is 0 Å². The molecule has 0 aromatic heterocycles. The molecule has 1 saturated heterocycles. The van der Waals surface area contributed by atoms with E-state index < -0.39 is 32.7 Å². The van der Waals surface area contributed by atoms with Crippen molar-refractivity contribution in [2.45, 2.75) is 43.8 Å². The molecule has 1 fully saturated rings. The maximum Gasteiger partial charge on any atom is 0.417 e. The number of carbonyl (C=O) groups excluding carboxylic acids is 1. The zero-order valence-electron chi connectivity index (χ0n) is 18.8. The quantitative estimate of drug-likeness (QED) is 0.670. The van der Waals surface area contributed by atoms with E-state index in [-0.39, 0.29) is 32.1 Å². The Labute approximate surface area is 192 Å². The summed E-state index contributed by atoms with van der Waals surface area (Å²) < 4.78 is 66.8. The summed E-state index contributed by atoms with van der Waals surface area (Å²) in [7, 11) is -4.32. The predicted molar refractivity (Wildman–Crippen MR) is 120 cm³/mol. The molecule has 1 aliphatic heterocycles. The largest absolute Gasteiger partial charge is 0.417 e. The van der Waals surface area contributed by atoms with Crippen LogP contribution in [0.15, 0.2) is 53.4 Å². The average molecular weight is 484 g/mol. The maximum absolute atomic E-state index is 13.3. The van der Waals surface area contributed by atoms with Gasteiger partial charge in [-0.15, -0.1) is 0 Å². The number of alkyl halides is 3. The Morgan fingerprint density at radius 2 is 1.52 bits per heavy atom. The van der Waals surface area contributed by atoms with Gasteiger partial charge < -0.3 is 5.32 Å². The summed E-state index contributed by atoms with van der Waals surface area (Å²) in [5.74, 6) is 0.148. The third-order valence-corrected chi connectivity index (χ3v) is 7.81. The molecule has 1 N–H and O–H groups in total. The Bertz CT molecular complexity index is 1080. The van der Waals surface area contributed by atoms with Gasteiger partial charge in [-0.05, 0) is 42.7 Å². The molecule has 6 nitrogen and oxygen atoms in total. The van der Waals surface area contributed by atoms with Crippen LogP contribution in [0, 0.1) is 0 Å². The van der Waals surface area contributed by atoms with Gasteiger partial charge in [-0.1, -0.05) is 38.1 Å². The van der Waals surface area contributed by atoms with Gasteiger partial charge in [0.25, 0.3) is 0 Å². The third-order valence-electron chi connectivity index (χ3n) is 5.86. The Hall–Kier alpha value is -2.43. The highest BCUT2D eigenvalue weighted by molar-refractivity contribution is 7.89. The molecule has 1 aliphatic rings. The predicted octanol–water partition coefficient (Wildman–Crippen LogP) is 4.16. The van der Waals surface area contributed by atoms with Crippen LogP contribution in [-0.4, -0.2) is 55.8 Å². The Balaban J connectivity index is 1.64. The molecule has 2 aromatic rings. The van der Waals surface area contributed by atoms with Crippen molar-refractivity contribution in [3.05, 3.63) is 59.7 Å². The molecule has 0 bridgehead atoms. The van der Waals surface area contributed by atoms with Gasteiger partial charge in [0.1, 0.15) is 0 Å². The van der Waals surface area contributed by atoms with Crippen molar-refractivity contribution in [1.82, 2.24) is 9.21 Å². The monoisotopic (exact) mass is 483 g/mol. The minimum Gasteiger partial charge on any atom is -0.325 e. The lowest BCUT2D eigenvalue weighted by molar-refractivity contribution is -0.140. The second-order valence-electron chi connectivity index (χ2n) is 8.38. The van der Waals surface area contributed by atoms with Crippen molar-refractivity contribution in [2.75, 3.05) is 31.5 Å². The fourth-order valence-electron chi connectivity index (χ4n) is 3.76. The van der Waals surface area contributed by atoms with Gasteiger partial charge in [-0.3, -0.25) is 9.69 Å². The Morgan fingerprint density at radius 1 is 0.939 bits per heavy atom. The summed E-state index contributed by atoms with van der Waals surface area (Å²) in [5, 5.41) is 2.86. The highest BCUT2D eigenvalue weighted by Crippen LogP contribution is 2.35. The van der Waals surface area contributed by atoms with Crippen LogP contribution in [0.4, 0.5) is 18.9 Å². The molecule has 1 amide bonds. The summed E-state index contributed by atoms with van der Waals surface area (Å²) in [6.45, 7) is 6.34. The number of carbonyl (C=O) groups is 1. The summed E-state index contributed by atoms with van der Waals surface area (Å²) in [4.78, 5) is 13.7. The van der Waals surface area contributed by atoms with E-state index in [0.717, 1.165) is 28.1 Å². The van der Waals surface area contributed by atoms with Gasteiger partial charge in [-0.2, -0.15) is 17.5 Å². The molecule has 0 radical (unpaired) electrons. The van der Waals surface area contributed by atoms with Crippen LogP contribution in [0.1, 0.15) is 37.8 Å². The minimum absolute atomic E-state index is 0.00473. The number of nitrogens with zero attached hydrogens (tertiary/aromatic N) is 2. The second kappa shape index (κ2) is 9.82. The van der Waals surface area contributed by atoms with Gasteiger partial charge >= 0.3 is 6.18 Å². The second-order valence-corrected chi connectivity index (χ2v) is 10.3. The van der Waals surface area contributed by atoms with Crippen molar-refractivity contribution in [1.29, 1.82) is 0 Å². The van der Waals surface area contributed by atoms with Gasteiger partial charge in [0.05, 0.1) is 16.5 Å². The van der Waals surface area contributed by atoms with E-state index in [9.17, 15) is 26.4 Å². The topological polar surface area (TPSA) is 69.7 Å². The first-order valence-electron chi connectivity index (χ1n) is 10.7. The first-order valence-corrected chi connectivity index (χ1v) is 12.2. The summed E-state index contributed by atoms with van der Waals surface area (Å²) in [5.41, 5.74) is 0.648. The normalized spacial score (nSPS) is 17.2. The number of halogens is 3. The smallest absolute Gasteiger partial charge is 0.325 e. The van der Waals surface area contributed by atoms with E-state index in [1.54, 1.807) is 6.92 Å². The number of rotatable bonds is 6.